The zero-order valence-electron chi connectivity index (χ0n) is 53.1. The second-order valence-corrected chi connectivity index (χ2v) is 23.0. The van der Waals surface area contributed by atoms with Gasteiger partial charge < -0.3 is 59.0 Å². The summed E-state index contributed by atoms with van der Waals surface area (Å²) < 4.78 is 43.6. The first-order valence-electron chi connectivity index (χ1n) is 30.2. The molecule has 22 heteroatoms. The molecular formula is C69H83FN6O15. The number of carbonyl (C=O) groups is 9. The summed E-state index contributed by atoms with van der Waals surface area (Å²) in [4.78, 5) is 130. The van der Waals surface area contributed by atoms with E-state index in [1.54, 1.807) is 86.8 Å². The number of hydrogen-bond acceptors (Lipinski definition) is 15. The molecule has 0 radical (unpaired) electrons. The fourth-order valence-corrected chi connectivity index (χ4v) is 10.3. The summed E-state index contributed by atoms with van der Waals surface area (Å²) in [5, 5.41) is 15.8. The van der Waals surface area contributed by atoms with Crippen molar-refractivity contribution in [1.29, 1.82) is 0 Å². The number of carbonyl (C=O) groups excluding carboxylic acids is 9. The molecule has 3 N–H and O–H groups in total. The van der Waals surface area contributed by atoms with E-state index >= 15 is 4.39 Å². The van der Waals surface area contributed by atoms with Gasteiger partial charge in [0.15, 0.2) is 23.9 Å². The number of esters is 2. The lowest BCUT2D eigenvalue weighted by molar-refractivity contribution is -0.165. The number of likely N-dealkylation sites (N-methyl/N-ethyl adjacent to an activating group) is 3. The monoisotopic (exact) mass is 1250 g/mol. The minimum atomic E-state index is -1.44. The summed E-state index contributed by atoms with van der Waals surface area (Å²) in [6.45, 7) is 5.36. The van der Waals surface area contributed by atoms with Crippen molar-refractivity contribution in [2.24, 2.45) is 5.41 Å². The number of methoxy groups -OCH3 is 2. The molecule has 0 aromatic heterocycles. The van der Waals surface area contributed by atoms with Gasteiger partial charge in [-0.15, -0.1) is 0 Å². The van der Waals surface area contributed by atoms with Crippen molar-refractivity contribution in [1.82, 2.24) is 30.2 Å². The number of amides is 6. The van der Waals surface area contributed by atoms with Crippen molar-refractivity contribution in [2.45, 2.75) is 109 Å². The van der Waals surface area contributed by atoms with Crippen LogP contribution in [0.25, 0.3) is 0 Å². The maximum atomic E-state index is 15.3. The number of benzene rings is 5. The number of phenols is 1. The second-order valence-electron chi connectivity index (χ2n) is 23.0. The highest BCUT2D eigenvalue weighted by Crippen LogP contribution is 2.35. The molecule has 6 amide bonds. The summed E-state index contributed by atoms with van der Waals surface area (Å²) in [6, 6.07) is 28.7. The number of aromatic hydroxyl groups is 1. The van der Waals surface area contributed by atoms with Crippen LogP contribution in [0.2, 0.25) is 0 Å². The summed E-state index contributed by atoms with van der Waals surface area (Å²) in [6.07, 6.45) is 3.05. The van der Waals surface area contributed by atoms with Crippen LogP contribution < -0.4 is 24.8 Å². The summed E-state index contributed by atoms with van der Waals surface area (Å²) in [5.41, 5.74) is 1.45. The van der Waals surface area contributed by atoms with Crippen molar-refractivity contribution in [2.75, 3.05) is 68.2 Å². The molecule has 91 heavy (non-hydrogen) atoms. The van der Waals surface area contributed by atoms with Gasteiger partial charge in [-0.05, 0) is 124 Å². The molecular weight excluding hydrogens is 1170 g/mol. The number of rotatable bonds is 31. The van der Waals surface area contributed by atoms with E-state index in [0.717, 1.165) is 10.5 Å². The molecule has 1 aliphatic rings. The molecule has 6 rings (SSSR count). The Kier molecular flexibility index (Phi) is 26.2. The average Bonchev–Trinajstić information content (AvgIpc) is 1.71. The molecule has 1 aliphatic heterocycles. The molecule has 0 spiro atoms. The quantitative estimate of drug-likeness (QED) is 0.0237. The number of allylic oxidation sites excluding steroid dienone is 1. The standard InChI is InChI=1S/C69H83FN6O15/c1-10-21-61(80)90-44-69(3,4)63(81)67(85)76-35-19-18-28-55(76)68(86)91-57(34-31-48-36-52(70)62(88-9)58(40-48)87-8)49-26-20-27-51(41-49)89-43-60(79)75(7)56(39-47-29-32-50(77)33-30-47)64(82)72-54(38-46-24-16-13-17-25-46)66(84)74(6)42-59(78)71-53(65(83)73(5)11-2)37-45-22-14-12-15-23-45/h10,12-17,20-27,29-30,32-33,36,40-41,53-57,77H,11,18-19,28,31,34-35,37-39,42-44H2,1-9H3,(H,71,78)(H,72,82)/b21-10+/t53-,54-,55+,56+,57-/m1/s1. The minimum absolute atomic E-state index is 0.00910. The van der Waals surface area contributed by atoms with Crippen LogP contribution in [0.3, 0.4) is 0 Å². The van der Waals surface area contributed by atoms with Gasteiger partial charge in [-0.1, -0.05) is 91.0 Å². The van der Waals surface area contributed by atoms with E-state index in [2.05, 4.69) is 10.6 Å². The van der Waals surface area contributed by atoms with Crippen molar-refractivity contribution in [3.63, 3.8) is 0 Å². The first kappa shape index (κ1) is 70.5. The molecule has 5 aromatic rings. The molecule has 5 aromatic carbocycles. The van der Waals surface area contributed by atoms with E-state index in [1.807, 2.05) is 37.3 Å². The lowest BCUT2D eigenvalue weighted by atomic mass is 9.87. The summed E-state index contributed by atoms with van der Waals surface area (Å²) in [7, 11) is 7.12. The number of ketones is 1. The molecule has 1 fully saturated rings. The molecule has 1 saturated heterocycles. The van der Waals surface area contributed by atoms with Gasteiger partial charge in [0, 0.05) is 59.6 Å². The fourth-order valence-electron chi connectivity index (χ4n) is 10.3. The molecule has 0 bridgehead atoms. The van der Waals surface area contributed by atoms with Crippen molar-refractivity contribution < 1.29 is 76.3 Å². The minimum Gasteiger partial charge on any atom is -0.508 e. The maximum absolute atomic E-state index is 15.3. The van der Waals surface area contributed by atoms with Gasteiger partial charge in [0.1, 0.15) is 48.4 Å². The van der Waals surface area contributed by atoms with Gasteiger partial charge in [0.25, 0.3) is 11.8 Å². The van der Waals surface area contributed by atoms with E-state index < -0.39 is 102 Å². The topological polar surface area (TPSA) is 257 Å². The zero-order valence-corrected chi connectivity index (χ0v) is 53.1. The summed E-state index contributed by atoms with van der Waals surface area (Å²) in [5.74, 6) is -6.84. The third-order valence-electron chi connectivity index (χ3n) is 15.7. The van der Waals surface area contributed by atoms with Crippen LogP contribution in [0.15, 0.2) is 133 Å². The Balaban J connectivity index is 1.23. The van der Waals surface area contributed by atoms with Crippen LogP contribution in [0.5, 0.6) is 23.0 Å². The number of hydrogen-bond donors (Lipinski definition) is 3. The Bertz CT molecular complexity index is 3360. The number of halogens is 1. The predicted octanol–water partition coefficient (Wildman–Crippen LogP) is 6.70. The van der Waals surface area contributed by atoms with Crippen LogP contribution in [0, 0.1) is 11.2 Å². The third kappa shape index (κ3) is 20.2. The van der Waals surface area contributed by atoms with Crippen molar-refractivity contribution >= 4 is 53.2 Å². The number of nitrogens with zero attached hydrogens (tertiary/aromatic N) is 4. The number of aryl methyl sites for hydroxylation is 1. The van der Waals surface area contributed by atoms with Gasteiger partial charge in [-0.2, -0.15) is 0 Å². The number of ether oxygens (including phenoxy) is 5. The molecule has 0 unspecified atom stereocenters. The molecule has 0 saturated carbocycles. The van der Waals surface area contributed by atoms with E-state index in [-0.39, 0.29) is 80.6 Å². The highest BCUT2D eigenvalue weighted by molar-refractivity contribution is 6.38. The molecule has 5 atom stereocenters. The smallest absolute Gasteiger partial charge is 0.330 e. The van der Waals surface area contributed by atoms with Gasteiger partial charge in [-0.25, -0.2) is 14.0 Å². The van der Waals surface area contributed by atoms with Crippen molar-refractivity contribution in [3.8, 4) is 23.0 Å². The van der Waals surface area contributed by atoms with E-state index in [0.29, 0.717) is 41.6 Å². The SMILES string of the molecule is C/C=C/C(=O)OCC(C)(C)C(=O)C(=O)N1CCCC[C@H]1C(=O)O[C@H](CCc1cc(F)c(OC)c(OC)c1)c1cccc(OCC(=O)N(C)[C@@H](Cc2ccc(O)cc2)C(=O)N[C@H](Cc2ccccc2)C(=O)N(C)CC(=O)N[C@H](Cc2ccccc2)C(=O)N(C)CC)c1. The van der Waals surface area contributed by atoms with Crippen LogP contribution in [0.4, 0.5) is 4.39 Å². The number of piperidine rings is 1. The Morgan fingerprint density at radius 3 is 1.99 bits per heavy atom. The van der Waals surface area contributed by atoms with Crippen molar-refractivity contribution in [3.05, 3.63) is 167 Å². The fraction of sp³-hybridized carbons (Fsp3) is 0.406. The van der Waals surface area contributed by atoms with Crippen LogP contribution in [0.1, 0.15) is 87.3 Å². The first-order chi connectivity index (χ1) is 43.5. The highest BCUT2D eigenvalue weighted by atomic mass is 19.1. The van der Waals surface area contributed by atoms with Gasteiger partial charge >= 0.3 is 11.9 Å². The van der Waals surface area contributed by atoms with Crippen LogP contribution in [-0.4, -0.2) is 170 Å². The molecule has 21 nitrogen and oxygen atoms in total. The van der Waals surface area contributed by atoms with Gasteiger partial charge in [0.2, 0.25) is 29.4 Å². The second kappa shape index (κ2) is 33.8. The Labute approximate surface area is 530 Å². The predicted molar refractivity (Wildman–Crippen MR) is 336 cm³/mol. The molecule has 486 valence electrons. The number of Topliss-reactive ketones (excluding diaryl/α,β-unsaturated/α-hetero) is 1. The lowest BCUT2D eigenvalue weighted by Gasteiger charge is -2.36. The maximum Gasteiger partial charge on any atom is 0.330 e. The lowest BCUT2D eigenvalue weighted by Crippen LogP contribution is -2.57. The Hall–Kier alpha value is -9.60. The van der Waals surface area contributed by atoms with E-state index in [4.69, 9.17) is 23.7 Å². The third-order valence-corrected chi connectivity index (χ3v) is 15.7. The Morgan fingerprint density at radius 1 is 0.747 bits per heavy atom. The molecule has 1 heterocycles. The largest absolute Gasteiger partial charge is 0.508 e. The zero-order chi connectivity index (χ0) is 66.4. The number of nitrogens with one attached hydrogen (secondary N) is 2. The van der Waals surface area contributed by atoms with E-state index in [1.165, 1.54) is 87.2 Å². The van der Waals surface area contributed by atoms with Gasteiger partial charge in [0.05, 0.1) is 26.2 Å². The average molecular weight is 1260 g/mol. The van der Waals surface area contributed by atoms with Crippen LogP contribution in [-0.2, 0) is 78.3 Å². The number of phenolic OH excluding ortho intramolecular Hbond substituents is 1. The molecule has 0 aliphatic carbocycles. The Morgan fingerprint density at radius 2 is 1.37 bits per heavy atom. The van der Waals surface area contributed by atoms with Crippen LogP contribution >= 0.6 is 0 Å². The number of likely N-dealkylation sites (tertiary alicyclic amines) is 1. The summed E-state index contributed by atoms with van der Waals surface area (Å²) >= 11 is 0. The van der Waals surface area contributed by atoms with E-state index in [9.17, 15) is 48.3 Å². The normalized spacial score (nSPS) is 14.4. The first-order valence-corrected chi connectivity index (χ1v) is 30.2. The van der Waals surface area contributed by atoms with Gasteiger partial charge in [-0.3, -0.25) is 33.6 Å². The highest BCUT2D eigenvalue weighted by Gasteiger charge is 2.43.